The first-order chi connectivity index (χ1) is 6.52. The molecule has 14 heavy (non-hydrogen) atoms. The van der Waals surface area contributed by atoms with Crippen LogP contribution in [0.4, 0.5) is 0 Å². The van der Waals surface area contributed by atoms with Crippen LogP contribution < -0.4 is 5.73 Å². The van der Waals surface area contributed by atoms with Crippen molar-refractivity contribution in [1.29, 1.82) is 0 Å². The van der Waals surface area contributed by atoms with E-state index in [9.17, 15) is 5.11 Å². The summed E-state index contributed by atoms with van der Waals surface area (Å²) >= 11 is 0. The third-order valence-corrected chi connectivity index (χ3v) is 3.71. The van der Waals surface area contributed by atoms with Crippen molar-refractivity contribution in [2.24, 2.45) is 23.5 Å². The molecule has 0 spiro atoms. The van der Waals surface area contributed by atoms with Crippen molar-refractivity contribution in [3.8, 4) is 0 Å². The fraction of sp³-hybridized carbons (Fsp3) is 1.00. The summed E-state index contributed by atoms with van der Waals surface area (Å²) in [6.07, 6.45) is 4.53. The third kappa shape index (κ3) is 2.96. The van der Waals surface area contributed by atoms with Gasteiger partial charge in [-0.2, -0.15) is 0 Å². The molecular weight excluding hydrogens is 174 g/mol. The van der Waals surface area contributed by atoms with Crippen molar-refractivity contribution >= 4 is 0 Å². The van der Waals surface area contributed by atoms with Gasteiger partial charge in [-0.1, -0.05) is 33.6 Å². The Balaban J connectivity index is 2.41. The summed E-state index contributed by atoms with van der Waals surface area (Å²) in [7, 11) is 0. The van der Waals surface area contributed by atoms with Gasteiger partial charge in [0.1, 0.15) is 0 Å². The van der Waals surface area contributed by atoms with Crippen molar-refractivity contribution in [2.45, 2.75) is 58.6 Å². The lowest BCUT2D eigenvalue weighted by molar-refractivity contribution is 0.0420. The van der Waals surface area contributed by atoms with Crippen molar-refractivity contribution in [1.82, 2.24) is 0 Å². The number of nitrogens with two attached hydrogens (primary N) is 1. The smallest absolute Gasteiger partial charge is 0.0721 e. The molecule has 1 aliphatic rings. The molecule has 0 saturated heterocycles. The molecule has 1 aliphatic carbocycles. The van der Waals surface area contributed by atoms with E-state index in [1.54, 1.807) is 0 Å². The van der Waals surface area contributed by atoms with Crippen LogP contribution in [0.2, 0.25) is 0 Å². The van der Waals surface area contributed by atoms with Crippen LogP contribution in [0.3, 0.4) is 0 Å². The molecule has 1 fully saturated rings. The summed E-state index contributed by atoms with van der Waals surface area (Å²) in [5.74, 6) is 1.67. The molecule has 1 saturated carbocycles. The summed E-state index contributed by atoms with van der Waals surface area (Å²) in [6.45, 7) is 6.46. The van der Waals surface area contributed by atoms with Gasteiger partial charge in [-0.3, -0.25) is 0 Å². The minimum Gasteiger partial charge on any atom is -0.391 e. The highest BCUT2D eigenvalue weighted by Gasteiger charge is 2.29. The van der Waals surface area contributed by atoms with Crippen LogP contribution in [0.5, 0.6) is 0 Å². The number of aliphatic hydroxyl groups is 1. The quantitative estimate of drug-likeness (QED) is 0.731. The summed E-state index contributed by atoms with van der Waals surface area (Å²) in [5.41, 5.74) is 5.98. The van der Waals surface area contributed by atoms with Gasteiger partial charge in [-0.05, 0) is 30.6 Å². The topological polar surface area (TPSA) is 46.2 Å². The monoisotopic (exact) mass is 199 g/mol. The third-order valence-electron chi connectivity index (χ3n) is 3.71. The van der Waals surface area contributed by atoms with Crippen molar-refractivity contribution in [3.63, 3.8) is 0 Å². The molecule has 3 N–H and O–H groups in total. The Morgan fingerprint density at radius 2 is 1.64 bits per heavy atom. The molecule has 0 aliphatic heterocycles. The lowest BCUT2D eigenvalue weighted by Gasteiger charge is -2.34. The molecule has 0 amide bonds. The van der Waals surface area contributed by atoms with Gasteiger partial charge in [-0.15, -0.1) is 0 Å². The van der Waals surface area contributed by atoms with Gasteiger partial charge in [0.15, 0.2) is 0 Å². The number of aliphatic hydroxyl groups excluding tert-OH is 1. The molecule has 0 aromatic carbocycles. The summed E-state index contributed by atoms with van der Waals surface area (Å²) in [6, 6.07) is -0.0478. The van der Waals surface area contributed by atoms with Crippen molar-refractivity contribution in [2.75, 3.05) is 0 Å². The number of hydrogen-bond donors (Lipinski definition) is 2. The van der Waals surface area contributed by atoms with Crippen LogP contribution in [-0.4, -0.2) is 17.3 Å². The summed E-state index contributed by atoms with van der Waals surface area (Å²) in [4.78, 5) is 0. The van der Waals surface area contributed by atoms with Gasteiger partial charge in [-0.25, -0.2) is 0 Å². The normalized spacial score (nSPS) is 33.0. The Bertz CT molecular complexity index is 162. The van der Waals surface area contributed by atoms with E-state index in [2.05, 4.69) is 20.8 Å². The van der Waals surface area contributed by atoms with Crippen LogP contribution in [0.1, 0.15) is 46.5 Å². The number of rotatable bonds is 3. The summed E-state index contributed by atoms with van der Waals surface area (Å²) in [5, 5.41) is 10.1. The Hall–Kier alpha value is -0.0800. The van der Waals surface area contributed by atoms with E-state index in [0.717, 1.165) is 18.8 Å². The molecule has 0 bridgehead atoms. The molecule has 2 unspecified atom stereocenters. The van der Waals surface area contributed by atoms with E-state index in [-0.39, 0.29) is 12.1 Å². The largest absolute Gasteiger partial charge is 0.391 e. The van der Waals surface area contributed by atoms with Crippen LogP contribution in [0.25, 0.3) is 0 Å². The fourth-order valence-corrected chi connectivity index (χ4v) is 2.34. The van der Waals surface area contributed by atoms with E-state index in [1.165, 1.54) is 12.8 Å². The molecule has 2 nitrogen and oxygen atoms in total. The molecule has 2 heteroatoms. The lowest BCUT2D eigenvalue weighted by Crippen LogP contribution is -2.44. The average molecular weight is 199 g/mol. The van der Waals surface area contributed by atoms with E-state index >= 15 is 0 Å². The first-order valence-electron chi connectivity index (χ1n) is 5.96. The fourth-order valence-electron chi connectivity index (χ4n) is 2.34. The molecule has 2 atom stereocenters. The molecule has 1 rings (SSSR count). The van der Waals surface area contributed by atoms with Gasteiger partial charge in [0, 0.05) is 6.04 Å². The van der Waals surface area contributed by atoms with Crippen LogP contribution in [0, 0.1) is 17.8 Å². The highest BCUT2D eigenvalue weighted by atomic mass is 16.3. The zero-order valence-electron chi connectivity index (χ0n) is 9.74. The van der Waals surface area contributed by atoms with Gasteiger partial charge in [0.05, 0.1) is 6.10 Å². The van der Waals surface area contributed by atoms with E-state index in [0.29, 0.717) is 11.8 Å². The lowest BCUT2D eigenvalue weighted by atomic mass is 9.77. The predicted octanol–water partition coefficient (Wildman–Crippen LogP) is 2.16. The maximum Gasteiger partial charge on any atom is 0.0721 e. The van der Waals surface area contributed by atoms with E-state index < -0.39 is 0 Å². The Morgan fingerprint density at radius 1 is 1.14 bits per heavy atom. The Kier molecular flexibility index (Phi) is 4.39. The standard InChI is InChI=1S/C12H25NO/c1-8(2)11(13)12(14)10-6-4-9(3)5-7-10/h8-12,14H,4-7,13H2,1-3H3. The highest BCUT2D eigenvalue weighted by Crippen LogP contribution is 2.31. The predicted molar refractivity (Wildman–Crippen MR) is 59.9 cm³/mol. The van der Waals surface area contributed by atoms with Crippen LogP contribution >= 0.6 is 0 Å². The molecular formula is C12H25NO. The van der Waals surface area contributed by atoms with Gasteiger partial charge >= 0.3 is 0 Å². The second-order valence-corrected chi connectivity index (χ2v) is 5.33. The zero-order chi connectivity index (χ0) is 10.7. The van der Waals surface area contributed by atoms with Gasteiger partial charge in [0.2, 0.25) is 0 Å². The first-order valence-corrected chi connectivity index (χ1v) is 5.96. The van der Waals surface area contributed by atoms with Crippen molar-refractivity contribution in [3.05, 3.63) is 0 Å². The first kappa shape index (κ1) is 12.0. The molecule has 0 heterocycles. The average Bonchev–Trinajstić information content (AvgIpc) is 2.16. The highest BCUT2D eigenvalue weighted by molar-refractivity contribution is 4.84. The molecule has 0 radical (unpaired) electrons. The zero-order valence-corrected chi connectivity index (χ0v) is 9.74. The maximum absolute atomic E-state index is 10.1. The minimum atomic E-state index is -0.289. The molecule has 84 valence electrons. The van der Waals surface area contributed by atoms with Gasteiger partial charge < -0.3 is 10.8 Å². The Labute approximate surface area is 87.9 Å². The molecule has 0 aromatic heterocycles. The SMILES string of the molecule is CC1CCC(C(O)C(N)C(C)C)CC1. The van der Waals surface area contributed by atoms with E-state index in [4.69, 9.17) is 5.73 Å². The second kappa shape index (κ2) is 5.13. The van der Waals surface area contributed by atoms with Gasteiger partial charge in [0.25, 0.3) is 0 Å². The Morgan fingerprint density at radius 3 is 2.07 bits per heavy atom. The second-order valence-electron chi connectivity index (χ2n) is 5.33. The van der Waals surface area contributed by atoms with Crippen LogP contribution in [-0.2, 0) is 0 Å². The maximum atomic E-state index is 10.1. The van der Waals surface area contributed by atoms with E-state index in [1.807, 2.05) is 0 Å². The van der Waals surface area contributed by atoms with Crippen LogP contribution in [0.15, 0.2) is 0 Å². The summed E-state index contributed by atoms with van der Waals surface area (Å²) < 4.78 is 0. The van der Waals surface area contributed by atoms with Crippen molar-refractivity contribution < 1.29 is 5.11 Å². The minimum absolute atomic E-state index is 0.0478. The molecule has 0 aromatic rings. The number of hydrogen-bond acceptors (Lipinski definition) is 2.